The topological polar surface area (TPSA) is 55.1 Å². The molecule has 0 heterocycles. The van der Waals surface area contributed by atoms with E-state index < -0.39 is 6.04 Å². The molecule has 3 atom stereocenters. The Labute approximate surface area is 119 Å². The quantitative estimate of drug-likeness (QED) is 0.891. The van der Waals surface area contributed by atoms with Crippen LogP contribution in [0.15, 0.2) is 18.2 Å². The van der Waals surface area contributed by atoms with Crippen LogP contribution in [0, 0.1) is 5.92 Å². The summed E-state index contributed by atoms with van der Waals surface area (Å²) in [5.41, 5.74) is 8.26. The molecule has 2 rings (SSSR count). The summed E-state index contributed by atoms with van der Waals surface area (Å²) in [5, 5.41) is 3.85. The first-order valence-electron chi connectivity index (χ1n) is 6.87. The number of hydrogen-bond acceptors (Lipinski definition) is 2. The predicted molar refractivity (Wildman–Crippen MR) is 78.1 cm³/mol. The Morgan fingerprint density at radius 3 is 3.00 bits per heavy atom. The van der Waals surface area contributed by atoms with E-state index in [4.69, 9.17) is 17.3 Å². The molecule has 0 aromatic heterocycles. The summed E-state index contributed by atoms with van der Waals surface area (Å²) in [4.78, 5) is 12.1. The van der Waals surface area contributed by atoms with Gasteiger partial charge in [-0.05, 0) is 36.0 Å². The van der Waals surface area contributed by atoms with Gasteiger partial charge in [-0.25, -0.2) is 0 Å². The SMILES string of the molecule is CCC(C)C(N)C(=O)NC1CCc2c(Cl)cccc21. The molecule has 4 heteroatoms. The number of carbonyl (C=O) groups excluding carboxylic acids is 1. The summed E-state index contributed by atoms with van der Waals surface area (Å²) in [5.74, 6) is 0.132. The summed E-state index contributed by atoms with van der Waals surface area (Å²) < 4.78 is 0. The molecule has 0 saturated carbocycles. The molecule has 0 bridgehead atoms. The number of fused-ring (bicyclic) bond motifs is 1. The van der Waals surface area contributed by atoms with Crippen LogP contribution in [0.5, 0.6) is 0 Å². The Morgan fingerprint density at radius 1 is 1.58 bits per heavy atom. The number of halogens is 1. The Bertz CT molecular complexity index is 475. The van der Waals surface area contributed by atoms with E-state index in [1.165, 1.54) is 0 Å². The zero-order valence-electron chi connectivity index (χ0n) is 11.4. The van der Waals surface area contributed by atoms with E-state index in [2.05, 4.69) is 5.32 Å². The minimum absolute atomic E-state index is 0.0521. The maximum atomic E-state index is 12.1. The molecule has 1 amide bonds. The van der Waals surface area contributed by atoms with Gasteiger partial charge in [0.05, 0.1) is 12.1 Å². The largest absolute Gasteiger partial charge is 0.348 e. The van der Waals surface area contributed by atoms with E-state index in [-0.39, 0.29) is 17.9 Å². The number of nitrogens with two attached hydrogens (primary N) is 1. The van der Waals surface area contributed by atoms with Crippen molar-refractivity contribution in [2.75, 3.05) is 0 Å². The Hall–Kier alpha value is -1.06. The van der Waals surface area contributed by atoms with Crippen molar-refractivity contribution in [3.63, 3.8) is 0 Å². The molecule has 0 saturated heterocycles. The van der Waals surface area contributed by atoms with E-state index in [0.29, 0.717) is 0 Å². The fraction of sp³-hybridized carbons (Fsp3) is 0.533. The van der Waals surface area contributed by atoms with Crippen LogP contribution in [-0.2, 0) is 11.2 Å². The lowest BCUT2D eigenvalue weighted by molar-refractivity contribution is -0.124. The molecule has 1 aliphatic carbocycles. The number of nitrogens with one attached hydrogen (secondary N) is 1. The second-order valence-electron chi connectivity index (χ2n) is 5.32. The third kappa shape index (κ3) is 2.93. The smallest absolute Gasteiger partial charge is 0.237 e. The van der Waals surface area contributed by atoms with Crippen LogP contribution in [0.2, 0.25) is 5.02 Å². The fourth-order valence-corrected chi connectivity index (χ4v) is 2.82. The average molecular weight is 281 g/mol. The van der Waals surface area contributed by atoms with Crippen molar-refractivity contribution in [3.05, 3.63) is 34.3 Å². The van der Waals surface area contributed by atoms with Gasteiger partial charge < -0.3 is 11.1 Å². The molecule has 19 heavy (non-hydrogen) atoms. The molecule has 0 radical (unpaired) electrons. The highest BCUT2D eigenvalue weighted by molar-refractivity contribution is 6.31. The van der Waals surface area contributed by atoms with Gasteiger partial charge in [0.15, 0.2) is 0 Å². The summed E-state index contributed by atoms with van der Waals surface area (Å²) in [6.07, 6.45) is 2.72. The maximum Gasteiger partial charge on any atom is 0.237 e. The summed E-state index contributed by atoms with van der Waals surface area (Å²) in [7, 11) is 0. The maximum absolute atomic E-state index is 12.1. The van der Waals surface area contributed by atoms with Gasteiger partial charge in [-0.2, -0.15) is 0 Å². The van der Waals surface area contributed by atoms with Crippen LogP contribution < -0.4 is 11.1 Å². The minimum atomic E-state index is -0.437. The average Bonchev–Trinajstić information content (AvgIpc) is 2.81. The number of amides is 1. The third-order valence-electron chi connectivity index (χ3n) is 4.09. The summed E-state index contributed by atoms with van der Waals surface area (Å²) in [6.45, 7) is 4.05. The van der Waals surface area contributed by atoms with Crippen molar-refractivity contribution in [2.24, 2.45) is 11.7 Å². The highest BCUT2D eigenvalue weighted by Crippen LogP contribution is 2.35. The van der Waals surface area contributed by atoms with E-state index in [9.17, 15) is 4.79 Å². The van der Waals surface area contributed by atoms with E-state index >= 15 is 0 Å². The molecule has 1 aromatic carbocycles. The van der Waals surface area contributed by atoms with Crippen molar-refractivity contribution >= 4 is 17.5 Å². The first-order chi connectivity index (χ1) is 9.04. The first kappa shape index (κ1) is 14.4. The van der Waals surface area contributed by atoms with Gasteiger partial charge in [-0.3, -0.25) is 4.79 Å². The third-order valence-corrected chi connectivity index (χ3v) is 4.44. The lowest BCUT2D eigenvalue weighted by Gasteiger charge is -2.21. The summed E-state index contributed by atoms with van der Waals surface area (Å²) >= 11 is 6.17. The van der Waals surface area contributed by atoms with Crippen LogP contribution in [0.25, 0.3) is 0 Å². The molecule has 0 aliphatic heterocycles. The van der Waals surface area contributed by atoms with Crippen LogP contribution in [0.3, 0.4) is 0 Å². The second kappa shape index (κ2) is 5.93. The van der Waals surface area contributed by atoms with Crippen molar-refractivity contribution in [3.8, 4) is 0 Å². The van der Waals surface area contributed by atoms with Gasteiger partial charge >= 0.3 is 0 Å². The normalized spacial score (nSPS) is 20.7. The number of rotatable bonds is 4. The van der Waals surface area contributed by atoms with Crippen LogP contribution in [0.4, 0.5) is 0 Å². The zero-order valence-corrected chi connectivity index (χ0v) is 12.2. The molecule has 104 valence electrons. The van der Waals surface area contributed by atoms with Crippen molar-refractivity contribution in [2.45, 2.75) is 45.2 Å². The second-order valence-corrected chi connectivity index (χ2v) is 5.73. The Morgan fingerprint density at radius 2 is 2.32 bits per heavy atom. The molecule has 0 spiro atoms. The van der Waals surface area contributed by atoms with E-state index in [1.807, 2.05) is 32.0 Å². The van der Waals surface area contributed by atoms with Crippen LogP contribution >= 0.6 is 11.6 Å². The monoisotopic (exact) mass is 280 g/mol. The standard InChI is InChI=1S/C15H21ClN2O/c1-3-9(2)14(17)15(19)18-13-8-7-10-11(13)5-4-6-12(10)16/h4-6,9,13-14H,3,7-8,17H2,1-2H3,(H,18,19). The lowest BCUT2D eigenvalue weighted by atomic mass is 9.98. The molecule has 3 N–H and O–H groups in total. The van der Waals surface area contributed by atoms with Gasteiger partial charge in [-0.1, -0.05) is 44.0 Å². The molecule has 3 nitrogen and oxygen atoms in total. The van der Waals surface area contributed by atoms with Gasteiger partial charge in [0, 0.05) is 5.02 Å². The number of benzene rings is 1. The van der Waals surface area contributed by atoms with E-state index in [1.54, 1.807) is 0 Å². The highest BCUT2D eigenvalue weighted by Gasteiger charge is 2.28. The van der Waals surface area contributed by atoms with Crippen molar-refractivity contribution in [1.29, 1.82) is 0 Å². The predicted octanol–water partition coefficient (Wildman–Crippen LogP) is 2.82. The van der Waals surface area contributed by atoms with Gasteiger partial charge in [-0.15, -0.1) is 0 Å². The first-order valence-corrected chi connectivity index (χ1v) is 7.25. The van der Waals surface area contributed by atoms with Crippen molar-refractivity contribution < 1.29 is 4.79 Å². The van der Waals surface area contributed by atoms with Gasteiger partial charge in [0.1, 0.15) is 0 Å². The molecule has 0 fully saturated rings. The molecular weight excluding hydrogens is 260 g/mol. The Kier molecular flexibility index (Phi) is 4.48. The number of hydrogen-bond donors (Lipinski definition) is 2. The summed E-state index contributed by atoms with van der Waals surface area (Å²) in [6, 6.07) is 5.48. The van der Waals surface area contributed by atoms with Crippen LogP contribution in [-0.4, -0.2) is 11.9 Å². The minimum Gasteiger partial charge on any atom is -0.348 e. The highest BCUT2D eigenvalue weighted by atomic mass is 35.5. The zero-order chi connectivity index (χ0) is 14.0. The molecule has 1 aromatic rings. The lowest BCUT2D eigenvalue weighted by Crippen LogP contribution is -2.45. The van der Waals surface area contributed by atoms with Crippen molar-refractivity contribution in [1.82, 2.24) is 5.32 Å². The molecular formula is C15H21ClN2O. The van der Waals surface area contributed by atoms with Crippen LogP contribution in [0.1, 0.15) is 43.9 Å². The van der Waals surface area contributed by atoms with Gasteiger partial charge in [0.25, 0.3) is 0 Å². The fourth-order valence-electron chi connectivity index (χ4n) is 2.54. The molecule has 1 aliphatic rings. The number of carbonyl (C=O) groups is 1. The van der Waals surface area contributed by atoms with Gasteiger partial charge in [0.2, 0.25) is 5.91 Å². The Balaban J connectivity index is 2.07. The molecule has 3 unspecified atom stereocenters. The van der Waals surface area contributed by atoms with E-state index in [0.717, 1.165) is 35.4 Å².